The highest BCUT2D eigenvalue weighted by Crippen LogP contribution is 2.22. The Kier molecular flexibility index (Phi) is 5.07. The Labute approximate surface area is 111 Å². The smallest absolute Gasteiger partial charge is 0.132 e. The molecule has 0 heterocycles. The second kappa shape index (κ2) is 6.09. The summed E-state index contributed by atoms with van der Waals surface area (Å²) < 4.78 is 6.78. The van der Waals surface area contributed by atoms with Crippen molar-refractivity contribution >= 4 is 22.6 Å². The number of hydrogen-bond donors (Lipinski definition) is 0. The second-order valence-corrected chi connectivity index (χ2v) is 5.54. The average Bonchev–Trinajstić information content (AvgIpc) is 2.27. The van der Waals surface area contributed by atoms with E-state index < -0.39 is 0 Å². The lowest BCUT2D eigenvalue weighted by atomic mass is 9.90. The summed E-state index contributed by atoms with van der Waals surface area (Å²) in [5.41, 5.74) is -0.243. The van der Waals surface area contributed by atoms with E-state index in [0.29, 0.717) is 6.61 Å². The lowest BCUT2D eigenvalue weighted by molar-refractivity contribution is 0.282. The van der Waals surface area contributed by atoms with Gasteiger partial charge < -0.3 is 4.74 Å². The maximum absolute atomic E-state index is 8.86. The Morgan fingerprint density at radius 3 is 2.69 bits per heavy atom. The zero-order valence-corrected chi connectivity index (χ0v) is 11.8. The highest BCUT2D eigenvalue weighted by Gasteiger charge is 2.15. The van der Waals surface area contributed by atoms with Crippen molar-refractivity contribution in [1.82, 2.24) is 0 Å². The molecule has 1 aromatic rings. The molecule has 0 saturated heterocycles. The first kappa shape index (κ1) is 13.3. The van der Waals surface area contributed by atoms with Crippen molar-refractivity contribution < 1.29 is 4.74 Å². The fourth-order valence-electron chi connectivity index (χ4n) is 1.31. The van der Waals surface area contributed by atoms with Crippen LogP contribution in [0.1, 0.15) is 26.7 Å². The van der Waals surface area contributed by atoms with Crippen LogP contribution >= 0.6 is 22.6 Å². The maximum Gasteiger partial charge on any atom is 0.132 e. The number of nitrogens with zero attached hydrogens (tertiary/aromatic N) is 1. The van der Waals surface area contributed by atoms with Crippen LogP contribution in [0.3, 0.4) is 0 Å². The first-order chi connectivity index (χ1) is 7.55. The predicted octanol–water partition coefficient (Wildman–Crippen LogP) is 4.00. The summed E-state index contributed by atoms with van der Waals surface area (Å²) in [6.07, 6.45) is 1.78. The Hall–Kier alpha value is -0.760. The van der Waals surface area contributed by atoms with Crippen LogP contribution in [0.5, 0.6) is 5.75 Å². The van der Waals surface area contributed by atoms with Gasteiger partial charge in [0.1, 0.15) is 5.75 Å². The summed E-state index contributed by atoms with van der Waals surface area (Å²) in [5, 5.41) is 8.86. The second-order valence-electron chi connectivity index (χ2n) is 4.38. The Morgan fingerprint density at radius 1 is 1.38 bits per heavy atom. The van der Waals surface area contributed by atoms with Crippen LogP contribution in [0.2, 0.25) is 0 Å². The summed E-state index contributed by atoms with van der Waals surface area (Å²) in [5.74, 6) is 0.929. The summed E-state index contributed by atoms with van der Waals surface area (Å²) in [6, 6.07) is 10.2. The molecule has 0 amide bonds. The third-order valence-corrected chi connectivity index (χ3v) is 3.23. The third-order valence-electron chi connectivity index (χ3n) is 2.34. The molecule has 0 aliphatic heterocycles. The van der Waals surface area contributed by atoms with E-state index in [1.807, 2.05) is 38.1 Å². The minimum absolute atomic E-state index is 0.243. The fraction of sp³-hybridized carbons (Fsp3) is 0.462. The van der Waals surface area contributed by atoms with Gasteiger partial charge in [-0.2, -0.15) is 5.26 Å². The zero-order chi connectivity index (χ0) is 12.0. The van der Waals surface area contributed by atoms with Crippen molar-refractivity contribution in [2.24, 2.45) is 5.41 Å². The molecule has 86 valence electrons. The average molecular weight is 329 g/mol. The topological polar surface area (TPSA) is 33.0 Å². The number of benzene rings is 1. The molecule has 0 aromatic heterocycles. The minimum Gasteiger partial charge on any atom is -0.492 e. The van der Waals surface area contributed by atoms with Crippen LogP contribution in [0, 0.1) is 20.3 Å². The van der Waals surface area contributed by atoms with Gasteiger partial charge >= 0.3 is 0 Å². The van der Waals surface area contributed by atoms with Crippen molar-refractivity contribution in [3.05, 3.63) is 27.8 Å². The van der Waals surface area contributed by atoms with E-state index in [1.165, 1.54) is 0 Å². The SMILES string of the molecule is CC(C)(C#N)CCCOc1ccccc1I. The van der Waals surface area contributed by atoms with Crippen LogP contribution in [0.15, 0.2) is 24.3 Å². The monoisotopic (exact) mass is 329 g/mol. The summed E-state index contributed by atoms with van der Waals surface area (Å²) in [6.45, 7) is 4.59. The molecule has 0 atom stereocenters. The predicted molar refractivity (Wildman–Crippen MR) is 73.3 cm³/mol. The molecule has 0 N–H and O–H groups in total. The Balaban J connectivity index is 2.33. The van der Waals surface area contributed by atoms with E-state index in [2.05, 4.69) is 28.7 Å². The fourth-order valence-corrected chi connectivity index (χ4v) is 1.86. The van der Waals surface area contributed by atoms with Crippen molar-refractivity contribution in [3.63, 3.8) is 0 Å². The molecular formula is C13H16INO. The van der Waals surface area contributed by atoms with E-state index in [-0.39, 0.29) is 5.41 Å². The molecule has 16 heavy (non-hydrogen) atoms. The molecule has 0 spiro atoms. The van der Waals surface area contributed by atoms with Crippen molar-refractivity contribution in [3.8, 4) is 11.8 Å². The van der Waals surface area contributed by atoms with Gasteiger partial charge in [-0.25, -0.2) is 0 Å². The van der Waals surface area contributed by atoms with Crippen molar-refractivity contribution in [2.75, 3.05) is 6.61 Å². The Bertz CT molecular complexity index is 382. The largest absolute Gasteiger partial charge is 0.492 e. The van der Waals surface area contributed by atoms with Crippen LogP contribution in [-0.4, -0.2) is 6.61 Å². The number of para-hydroxylation sites is 1. The first-order valence-electron chi connectivity index (χ1n) is 5.34. The third kappa shape index (κ3) is 4.40. The van der Waals surface area contributed by atoms with Crippen LogP contribution in [-0.2, 0) is 0 Å². The molecule has 1 aromatic carbocycles. The molecule has 3 heteroatoms. The molecule has 0 fully saturated rings. The number of ether oxygens (including phenoxy) is 1. The minimum atomic E-state index is -0.243. The number of halogens is 1. The number of hydrogen-bond acceptors (Lipinski definition) is 2. The van der Waals surface area contributed by atoms with Crippen LogP contribution in [0.4, 0.5) is 0 Å². The number of nitriles is 1. The standard InChI is InChI=1S/C13H16INO/c1-13(2,10-15)8-5-9-16-12-7-4-3-6-11(12)14/h3-4,6-7H,5,8-9H2,1-2H3. The summed E-state index contributed by atoms with van der Waals surface area (Å²) in [4.78, 5) is 0. The van der Waals surface area contributed by atoms with Gasteiger partial charge in [0.25, 0.3) is 0 Å². The normalized spacial score (nSPS) is 10.9. The van der Waals surface area contributed by atoms with Crippen LogP contribution in [0.25, 0.3) is 0 Å². The van der Waals surface area contributed by atoms with Crippen molar-refractivity contribution in [2.45, 2.75) is 26.7 Å². The first-order valence-corrected chi connectivity index (χ1v) is 6.42. The van der Waals surface area contributed by atoms with Gasteiger partial charge in [0.05, 0.1) is 21.7 Å². The lowest BCUT2D eigenvalue weighted by Gasteiger charge is -2.15. The molecule has 0 bridgehead atoms. The van der Waals surface area contributed by atoms with Gasteiger partial charge in [0.2, 0.25) is 0 Å². The van der Waals surface area contributed by atoms with Crippen LogP contribution < -0.4 is 4.74 Å². The van der Waals surface area contributed by atoms with Gasteiger partial charge in [-0.1, -0.05) is 12.1 Å². The zero-order valence-electron chi connectivity index (χ0n) is 9.66. The van der Waals surface area contributed by atoms with E-state index in [4.69, 9.17) is 10.00 Å². The van der Waals surface area contributed by atoms with Gasteiger partial charge in [-0.3, -0.25) is 0 Å². The molecule has 0 aliphatic rings. The maximum atomic E-state index is 8.86. The summed E-state index contributed by atoms with van der Waals surface area (Å²) in [7, 11) is 0. The molecule has 0 unspecified atom stereocenters. The molecule has 0 radical (unpaired) electrons. The highest BCUT2D eigenvalue weighted by molar-refractivity contribution is 14.1. The molecule has 0 aliphatic carbocycles. The quantitative estimate of drug-likeness (QED) is 0.604. The van der Waals surface area contributed by atoms with E-state index in [1.54, 1.807) is 0 Å². The molecular weight excluding hydrogens is 313 g/mol. The van der Waals surface area contributed by atoms with Gasteiger partial charge in [-0.15, -0.1) is 0 Å². The number of rotatable bonds is 5. The van der Waals surface area contributed by atoms with E-state index >= 15 is 0 Å². The van der Waals surface area contributed by atoms with E-state index in [9.17, 15) is 0 Å². The molecule has 2 nitrogen and oxygen atoms in total. The van der Waals surface area contributed by atoms with Gasteiger partial charge in [0, 0.05) is 0 Å². The Morgan fingerprint density at radius 2 is 2.06 bits per heavy atom. The lowest BCUT2D eigenvalue weighted by Crippen LogP contribution is -2.10. The van der Waals surface area contributed by atoms with Gasteiger partial charge in [-0.05, 0) is 61.4 Å². The summed E-state index contributed by atoms with van der Waals surface area (Å²) >= 11 is 2.26. The van der Waals surface area contributed by atoms with E-state index in [0.717, 1.165) is 22.2 Å². The molecule has 1 rings (SSSR count). The van der Waals surface area contributed by atoms with Crippen molar-refractivity contribution in [1.29, 1.82) is 5.26 Å². The highest BCUT2D eigenvalue weighted by atomic mass is 127. The van der Waals surface area contributed by atoms with Gasteiger partial charge in [0.15, 0.2) is 0 Å². The molecule has 0 saturated carbocycles.